The first-order valence-corrected chi connectivity index (χ1v) is 10.0. The molecule has 0 bridgehead atoms. The maximum atomic E-state index is 9.29. The Morgan fingerprint density at radius 3 is 2.93 bits per heavy atom. The summed E-state index contributed by atoms with van der Waals surface area (Å²) in [7, 11) is 0. The molecule has 0 spiro atoms. The highest BCUT2D eigenvalue weighted by Crippen LogP contribution is 2.26. The normalized spacial score (nSPS) is 17.0. The highest BCUT2D eigenvalue weighted by Gasteiger charge is 2.17. The van der Waals surface area contributed by atoms with E-state index < -0.39 is 0 Å². The van der Waals surface area contributed by atoms with Gasteiger partial charge in [-0.25, -0.2) is 4.98 Å². The number of piperidine rings is 1. The Morgan fingerprint density at radius 2 is 2.14 bits per heavy atom. The Balaban J connectivity index is 1.70. The van der Waals surface area contributed by atoms with Crippen molar-refractivity contribution in [2.24, 2.45) is 0 Å². The number of hydrogen-bond acceptors (Lipinski definition) is 4. The molecule has 1 aromatic heterocycles. The molecule has 1 saturated heterocycles. The predicted octanol–water partition coefficient (Wildman–Crippen LogP) is 4.53. The Bertz CT molecular complexity index is 1030. The van der Waals surface area contributed by atoms with E-state index in [4.69, 9.17) is 32.9 Å². The van der Waals surface area contributed by atoms with E-state index in [0.29, 0.717) is 28.8 Å². The summed E-state index contributed by atoms with van der Waals surface area (Å²) in [5.41, 5.74) is 3.21. The molecule has 28 heavy (non-hydrogen) atoms. The summed E-state index contributed by atoms with van der Waals surface area (Å²) in [5.74, 6) is 0.812. The lowest BCUT2D eigenvalue weighted by Crippen LogP contribution is -2.35. The molecule has 0 radical (unpaired) electrons. The number of aromatic nitrogens is 2. The number of nitrogens with one attached hydrogen (secondary N) is 1. The van der Waals surface area contributed by atoms with Crippen molar-refractivity contribution in [2.75, 3.05) is 13.1 Å². The molecule has 1 fully saturated rings. The van der Waals surface area contributed by atoms with Crippen molar-refractivity contribution in [3.05, 3.63) is 63.4 Å². The van der Waals surface area contributed by atoms with Crippen LogP contribution < -0.4 is 5.32 Å². The van der Waals surface area contributed by atoms with Gasteiger partial charge in [0, 0.05) is 16.6 Å². The van der Waals surface area contributed by atoms with E-state index in [1.54, 1.807) is 18.2 Å². The molecule has 5 nitrogen and oxygen atoms in total. The average molecular weight is 415 g/mol. The number of imidazole rings is 1. The summed E-state index contributed by atoms with van der Waals surface area (Å²) in [6.45, 7) is 2.81. The van der Waals surface area contributed by atoms with Gasteiger partial charge in [0.05, 0.1) is 35.3 Å². The SMILES string of the molecule is N#Cc1ccc2nc(COC3CCCNC3)n(Cc3cc(Cl)ccc3Cl)c2c1. The summed E-state index contributed by atoms with van der Waals surface area (Å²) in [6.07, 6.45) is 2.35. The van der Waals surface area contributed by atoms with Crippen LogP contribution in [0.4, 0.5) is 0 Å². The molecule has 1 atom stereocenters. The molecule has 1 aliphatic heterocycles. The summed E-state index contributed by atoms with van der Waals surface area (Å²) < 4.78 is 8.18. The van der Waals surface area contributed by atoms with Gasteiger partial charge in [0.1, 0.15) is 12.4 Å². The fourth-order valence-electron chi connectivity index (χ4n) is 3.52. The van der Waals surface area contributed by atoms with Gasteiger partial charge < -0.3 is 14.6 Å². The third-order valence-corrected chi connectivity index (χ3v) is 5.60. The molecular weight excluding hydrogens is 395 g/mol. The van der Waals surface area contributed by atoms with Crippen LogP contribution in [-0.4, -0.2) is 28.7 Å². The Labute approximate surface area is 173 Å². The molecule has 1 unspecified atom stereocenters. The zero-order valence-corrected chi connectivity index (χ0v) is 16.8. The number of hydrogen-bond donors (Lipinski definition) is 1. The molecule has 144 valence electrons. The van der Waals surface area contributed by atoms with E-state index in [2.05, 4.69) is 16.0 Å². The third kappa shape index (κ3) is 4.16. The van der Waals surface area contributed by atoms with Crippen LogP contribution in [0.5, 0.6) is 0 Å². The van der Waals surface area contributed by atoms with Crippen LogP contribution >= 0.6 is 23.2 Å². The summed E-state index contributed by atoms with van der Waals surface area (Å²) >= 11 is 12.6. The van der Waals surface area contributed by atoms with Gasteiger partial charge in [0.15, 0.2) is 0 Å². The average Bonchev–Trinajstić information content (AvgIpc) is 3.06. The Kier molecular flexibility index (Phi) is 5.84. The van der Waals surface area contributed by atoms with Crippen LogP contribution in [0.2, 0.25) is 10.0 Å². The minimum Gasteiger partial charge on any atom is -0.369 e. The number of ether oxygens (including phenoxy) is 1. The highest BCUT2D eigenvalue weighted by molar-refractivity contribution is 6.33. The summed E-state index contributed by atoms with van der Waals surface area (Å²) in [4.78, 5) is 4.75. The van der Waals surface area contributed by atoms with E-state index in [1.165, 1.54) is 0 Å². The predicted molar refractivity (Wildman–Crippen MR) is 111 cm³/mol. The molecule has 7 heteroatoms. The van der Waals surface area contributed by atoms with Crippen molar-refractivity contribution < 1.29 is 4.74 Å². The molecule has 4 rings (SSSR count). The number of benzene rings is 2. The second-order valence-corrected chi connectivity index (χ2v) is 7.79. The van der Waals surface area contributed by atoms with E-state index in [0.717, 1.165) is 48.4 Å². The molecule has 1 aliphatic rings. The van der Waals surface area contributed by atoms with Crippen LogP contribution in [-0.2, 0) is 17.9 Å². The fourth-order valence-corrected chi connectivity index (χ4v) is 3.89. The molecular formula is C21H20Cl2N4O. The Morgan fingerprint density at radius 1 is 1.25 bits per heavy atom. The standard InChI is InChI=1S/C21H20Cl2N4O/c22-16-4-5-18(23)15(9-16)12-27-20-8-14(10-24)3-6-19(20)26-21(27)13-28-17-2-1-7-25-11-17/h3-6,8-9,17,25H,1-2,7,11-13H2. The van der Waals surface area contributed by atoms with E-state index in [1.807, 2.05) is 18.2 Å². The summed E-state index contributed by atoms with van der Waals surface area (Å²) in [6, 6.07) is 13.1. The third-order valence-electron chi connectivity index (χ3n) is 4.99. The number of rotatable bonds is 5. The van der Waals surface area contributed by atoms with Gasteiger partial charge in [0.25, 0.3) is 0 Å². The lowest BCUT2D eigenvalue weighted by Gasteiger charge is -2.23. The highest BCUT2D eigenvalue weighted by atomic mass is 35.5. The van der Waals surface area contributed by atoms with Gasteiger partial charge in [0.2, 0.25) is 0 Å². The van der Waals surface area contributed by atoms with Gasteiger partial charge >= 0.3 is 0 Å². The van der Waals surface area contributed by atoms with Crippen molar-refractivity contribution in [3.63, 3.8) is 0 Å². The number of fused-ring (bicyclic) bond motifs is 1. The maximum absolute atomic E-state index is 9.29. The smallest absolute Gasteiger partial charge is 0.136 e. The van der Waals surface area contributed by atoms with Crippen molar-refractivity contribution in [3.8, 4) is 6.07 Å². The zero-order valence-electron chi connectivity index (χ0n) is 15.3. The number of nitrogens with zero attached hydrogens (tertiary/aromatic N) is 3. The first kappa shape index (κ1) is 19.2. The van der Waals surface area contributed by atoms with Gasteiger partial charge in [-0.05, 0) is 61.3 Å². The van der Waals surface area contributed by atoms with E-state index in [9.17, 15) is 5.26 Å². The molecule has 2 heterocycles. The second kappa shape index (κ2) is 8.50. The van der Waals surface area contributed by atoms with Crippen LogP contribution in [0.1, 0.15) is 29.8 Å². The van der Waals surface area contributed by atoms with Crippen molar-refractivity contribution >= 4 is 34.2 Å². The number of halogens is 2. The monoisotopic (exact) mass is 414 g/mol. The maximum Gasteiger partial charge on any atom is 0.136 e. The lowest BCUT2D eigenvalue weighted by atomic mass is 10.1. The molecule has 0 aliphatic carbocycles. The minimum atomic E-state index is 0.187. The molecule has 1 N–H and O–H groups in total. The van der Waals surface area contributed by atoms with E-state index in [-0.39, 0.29) is 6.10 Å². The van der Waals surface area contributed by atoms with E-state index >= 15 is 0 Å². The first-order valence-electron chi connectivity index (χ1n) is 9.29. The minimum absolute atomic E-state index is 0.187. The van der Waals surface area contributed by atoms with Gasteiger partial charge in [-0.2, -0.15) is 5.26 Å². The molecule has 0 amide bonds. The molecule has 3 aromatic rings. The molecule has 0 saturated carbocycles. The fraction of sp³-hybridized carbons (Fsp3) is 0.333. The van der Waals surface area contributed by atoms with Crippen LogP contribution in [0.25, 0.3) is 11.0 Å². The first-order chi connectivity index (χ1) is 13.6. The van der Waals surface area contributed by atoms with Crippen LogP contribution in [0, 0.1) is 11.3 Å². The van der Waals surface area contributed by atoms with Gasteiger partial charge in [-0.15, -0.1) is 0 Å². The quantitative estimate of drug-likeness (QED) is 0.665. The van der Waals surface area contributed by atoms with Crippen molar-refractivity contribution in [1.29, 1.82) is 5.26 Å². The second-order valence-electron chi connectivity index (χ2n) is 6.94. The lowest BCUT2D eigenvalue weighted by molar-refractivity contribution is 0.0208. The topological polar surface area (TPSA) is 62.9 Å². The van der Waals surface area contributed by atoms with Crippen LogP contribution in [0.15, 0.2) is 36.4 Å². The van der Waals surface area contributed by atoms with Crippen molar-refractivity contribution in [1.82, 2.24) is 14.9 Å². The molecule has 2 aromatic carbocycles. The zero-order chi connectivity index (χ0) is 19.5. The Hall–Kier alpha value is -2.10. The number of nitriles is 1. The van der Waals surface area contributed by atoms with Crippen LogP contribution in [0.3, 0.4) is 0 Å². The van der Waals surface area contributed by atoms with Gasteiger partial charge in [-0.1, -0.05) is 23.2 Å². The summed E-state index contributed by atoms with van der Waals surface area (Å²) in [5, 5.41) is 13.9. The van der Waals surface area contributed by atoms with Gasteiger partial charge in [-0.3, -0.25) is 0 Å². The largest absolute Gasteiger partial charge is 0.369 e. The van der Waals surface area contributed by atoms with Crippen molar-refractivity contribution in [2.45, 2.75) is 32.1 Å².